The zero-order chi connectivity index (χ0) is 14.7. The molecule has 21 heavy (non-hydrogen) atoms. The van der Waals surface area contributed by atoms with Crippen molar-refractivity contribution in [3.05, 3.63) is 75.9 Å². The number of carbonyl (C=O) groups is 1. The van der Waals surface area contributed by atoms with Crippen LogP contribution in [0, 0.1) is 0 Å². The molecular weight excluding hydrogens is 302 g/mol. The van der Waals surface area contributed by atoms with Crippen molar-refractivity contribution in [1.82, 2.24) is 0 Å². The predicted molar refractivity (Wildman–Crippen MR) is 89.2 cm³/mol. The Labute approximate surface area is 132 Å². The highest BCUT2D eigenvalue weighted by atomic mass is 35.5. The summed E-state index contributed by atoms with van der Waals surface area (Å²) in [6, 6.07) is 18.9. The molecule has 4 heteroatoms. The summed E-state index contributed by atoms with van der Waals surface area (Å²) in [6.07, 6.45) is 0. The van der Waals surface area contributed by atoms with Gasteiger partial charge in [0.05, 0.1) is 4.88 Å². The number of anilines is 1. The predicted octanol–water partition coefficient (Wildman–Crippen LogP) is 5.32. The van der Waals surface area contributed by atoms with Crippen LogP contribution in [0.3, 0.4) is 0 Å². The molecule has 0 radical (unpaired) electrons. The van der Waals surface area contributed by atoms with Crippen LogP contribution in [-0.2, 0) is 0 Å². The maximum absolute atomic E-state index is 12.4. The molecule has 1 heterocycles. The zero-order valence-electron chi connectivity index (χ0n) is 11.0. The molecule has 0 aliphatic carbocycles. The average molecular weight is 314 g/mol. The summed E-state index contributed by atoms with van der Waals surface area (Å²) in [5.41, 5.74) is 2.73. The fraction of sp³-hybridized carbons (Fsp3) is 0. The van der Waals surface area contributed by atoms with Crippen molar-refractivity contribution in [2.24, 2.45) is 0 Å². The van der Waals surface area contributed by atoms with Crippen LogP contribution in [0.2, 0.25) is 5.02 Å². The molecule has 0 saturated heterocycles. The van der Waals surface area contributed by atoms with Gasteiger partial charge in [0.1, 0.15) is 0 Å². The van der Waals surface area contributed by atoms with E-state index in [-0.39, 0.29) is 5.91 Å². The van der Waals surface area contributed by atoms with Gasteiger partial charge in [-0.15, -0.1) is 11.3 Å². The molecule has 0 atom stereocenters. The molecule has 104 valence electrons. The van der Waals surface area contributed by atoms with Gasteiger partial charge < -0.3 is 5.32 Å². The van der Waals surface area contributed by atoms with Gasteiger partial charge >= 0.3 is 0 Å². The smallest absolute Gasteiger partial charge is 0.266 e. The number of thiophene rings is 1. The minimum absolute atomic E-state index is 0.105. The molecule has 1 N–H and O–H groups in total. The minimum Gasteiger partial charge on any atom is -0.321 e. The lowest BCUT2D eigenvalue weighted by molar-refractivity contribution is 0.103. The summed E-state index contributed by atoms with van der Waals surface area (Å²) in [5.74, 6) is -0.105. The van der Waals surface area contributed by atoms with Gasteiger partial charge in [0.15, 0.2) is 0 Å². The van der Waals surface area contributed by atoms with E-state index in [1.807, 2.05) is 41.8 Å². The Morgan fingerprint density at radius 2 is 1.67 bits per heavy atom. The quantitative estimate of drug-likeness (QED) is 0.696. The molecule has 2 aromatic carbocycles. The second kappa shape index (κ2) is 6.12. The number of benzene rings is 2. The van der Waals surface area contributed by atoms with Crippen molar-refractivity contribution in [2.45, 2.75) is 0 Å². The molecule has 3 aromatic rings. The van der Waals surface area contributed by atoms with Crippen LogP contribution >= 0.6 is 22.9 Å². The molecule has 0 spiro atoms. The van der Waals surface area contributed by atoms with E-state index in [0.717, 1.165) is 16.8 Å². The second-order valence-corrected chi connectivity index (χ2v) is 5.84. The first-order valence-electron chi connectivity index (χ1n) is 6.44. The van der Waals surface area contributed by atoms with Gasteiger partial charge in [-0.05, 0) is 41.3 Å². The highest BCUT2D eigenvalue weighted by Crippen LogP contribution is 2.29. The molecule has 0 unspecified atom stereocenters. The number of rotatable bonds is 3. The lowest BCUT2D eigenvalue weighted by atomic mass is 10.1. The molecule has 1 aromatic heterocycles. The van der Waals surface area contributed by atoms with Crippen molar-refractivity contribution >= 4 is 34.5 Å². The number of hydrogen-bond donors (Lipinski definition) is 1. The summed E-state index contributed by atoms with van der Waals surface area (Å²) >= 11 is 7.28. The number of hydrogen-bond acceptors (Lipinski definition) is 2. The molecule has 0 aliphatic heterocycles. The van der Waals surface area contributed by atoms with Gasteiger partial charge in [-0.2, -0.15) is 0 Å². The van der Waals surface area contributed by atoms with E-state index in [1.54, 1.807) is 24.3 Å². The van der Waals surface area contributed by atoms with Gasteiger partial charge in [0.2, 0.25) is 0 Å². The van der Waals surface area contributed by atoms with Crippen molar-refractivity contribution < 1.29 is 4.79 Å². The topological polar surface area (TPSA) is 29.1 Å². The van der Waals surface area contributed by atoms with Crippen LogP contribution < -0.4 is 5.32 Å². The van der Waals surface area contributed by atoms with Crippen LogP contribution in [-0.4, -0.2) is 5.91 Å². The molecule has 0 fully saturated rings. The first-order valence-corrected chi connectivity index (χ1v) is 7.69. The van der Waals surface area contributed by atoms with E-state index in [2.05, 4.69) is 5.32 Å². The number of nitrogens with one attached hydrogen (secondary N) is 1. The number of halogens is 1. The zero-order valence-corrected chi connectivity index (χ0v) is 12.6. The third-order valence-corrected chi connectivity index (χ3v) is 4.22. The summed E-state index contributed by atoms with van der Waals surface area (Å²) in [7, 11) is 0. The number of amides is 1. The van der Waals surface area contributed by atoms with Crippen molar-refractivity contribution in [1.29, 1.82) is 0 Å². The van der Waals surface area contributed by atoms with Crippen molar-refractivity contribution in [3.8, 4) is 11.1 Å². The van der Waals surface area contributed by atoms with Crippen molar-refractivity contribution in [2.75, 3.05) is 5.32 Å². The molecule has 0 aliphatic rings. The Kier molecular flexibility index (Phi) is 4.04. The molecule has 0 bridgehead atoms. The van der Waals surface area contributed by atoms with Crippen LogP contribution in [0.15, 0.2) is 66.0 Å². The summed E-state index contributed by atoms with van der Waals surface area (Å²) in [5, 5.41) is 5.47. The van der Waals surface area contributed by atoms with Gasteiger partial charge in [-0.25, -0.2) is 0 Å². The van der Waals surface area contributed by atoms with E-state index in [9.17, 15) is 4.79 Å². The molecule has 3 rings (SSSR count). The van der Waals surface area contributed by atoms with Crippen LogP contribution in [0.25, 0.3) is 11.1 Å². The van der Waals surface area contributed by atoms with E-state index >= 15 is 0 Å². The summed E-state index contributed by atoms with van der Waals surface area (Å²) < 4.78 is 0. The summed E-state index contributed by atoms with van der Waals surface area (Å²) in [6.45, 7) is 0. The van der Waals surface area contributed by atoms with E-state index in [1.165, 1.54) is 11.3 Å². The lowest BCUT2D eigenvalue weighted by Crippen LogP contribution is -2.11. The summed E-state index contributed by atoms with van der Waals surface area (Å²) in [4.78, 5) is 13.1. The monoisotopic (exact) mass is 313 g/mol. The molecule has 0 saturated carbocycles. The van der Waals surface area contributed by atoms with Crippen LogP contribution in [0.5, 0.6) is 0 Å². The first-order chi connectivity index (χ1) is 10.2. The first kappa shape index (κ1) is 13.9. The van der Waals surface area contributed by atoms with E-state index in [0.29, 0.717) is 9.90 Å². The van der Waals surface area contributed by atoms with E-state index < -0.39 is 0 Å². The largest absolute Gasteiger partial charge is 0.321 e. The Bertz CT molecular complexity index is 750. The van der Waals surface area contributed by atoms with Crippen molar-refractivity contribution in [3.63, 3.8) is 0 Å². The Morgan fingerprint density at radius 3 is 2.38 bits per heavy atom. The number of carbonyl (C=O) groups excluding carboxylic acids is 1. The SMILES string of the molecule is O=C(Nc1ccc(Cl)cc1)c1sccc1-c1ccccc1. The van der Waals surface area contributed by atoms with Gasteiger partial charge in [-0.1, -0.05) is 41.9 Å². The maximum Gasteiger partial charge on any atom is 0.266 e. The molecular formula is C17H12ClNOS. The van der Waals surface area contributed by atoms with E-state index in [4.69, 9.17) is 11.6 Å². The highest BCUT2D eigenvalue weighted by Gasteiger charge is 2.14. The van der Waals surface area contributed by atoms with Crippen LogP contribution in [0.4, 0.5) is 5.69 Å². The third kappa shape index (κ3) is 3.15. The third-order valence-electron chi connectivity index (χ3n) is 3.06. The van der Waals surface area contributed by atoms with Crippen LogP contribution in [0.1, 0.15) is 9.67 Å². The lowest BCUT2D eigenvalue weighted by Gasteiger charge is -2.06. The fourth-order valence-corrected chi connectivity index (χ4v) is 2.99. The molecule has 1 amide bonds. The molecule has 2 nitrogen and oxygen atoms in total. The average Bonchev–Trinajstić information content (AvgIpc) is 3.00. The minimum atomic E-state index is -0.105. The second-order valence-electron chi connectivity index (χ2n) is 4.49. The Balaban J connectivity index is 1.86. The highest BCUT2D eigenvalue weighted by molar-refractivity contribution is 7.12. The Hall–Kier alpha value is -2.10. The Morgan fingerprint density at radius 1 is 0.952 bits per heavy atom. The van der Waals surface area contributed by atoms with Gasteiger partial charge in [0, 0.05) is 16.3 Å². The van der Waals surface area contributed by atoms with Gasteiger partial charge in [0.25, 0.3) is 5.91 Å². The standard InChI is InChI=1S/C17H12ClNOS/c18-13-6-8-14(9-7-13)19-17(20)16-15(10-11-21-16)12-4-2-1-3-5-12/h1-11H,(H,19,20). The maximum atomic E-state index is 12.4. The van der Waals surface area contributed by atoms with Gasteiger partial charge in [-0.3, -0.25) is 4.79 Å². The normalized spacial score (nSPS) is 10.3. The fourth-order valence-electron chi connectivity index (χ4n) is 2.05.